The van der Waals surface area contributed by atoms with Crippen molar-refractivity contribution in [3.05, 3.63) is 59.1 Å². The monoisotopic (exact) mass is 316 g/mol. The van der Waals surface area contributed by atoms with E-state index in [4.69, 9.17) is 11.6 Å². The summed E-state index contributed by atoms with van der Waals surface area (Å²) in [4.78, 5) is 14.3. The van der Waals surface area contributed by atoms with Gasteiger partial charge in [-0.1, -0.05) is 29.8 Å². The maximum Gasteiger partial charge on any atom is 0.249 e. The van der Waals surface area contributed by atoms with Crippen molar-refractivity contribution in [3.8, 4) is 0 Å². The number of halogens is 1. The Kier molecular flexibility index (Phi) is 4.32. The first-order chi connectivity index (χ1) is 10.7. The number of carbonyl (C=O) groups is 1. The van der Waals surface area contributed by atoms with Gasteiger partial charge in [0.2, 0.25) is 5.91 Å². The maximum atomic E-state index is 12.5. The van der Waals surface area contributed by atoms with Gasteiger partial charge >= 0.3 is 0 Å². The minimum absolute atomic E-state index is 0.0111. The second-order valence-electron chi connectivity index (χ2n) is 5.31. The van der Waals surface area contributed by atoms with E-state index in [1.807, 2.05) is 36.4 Å². The van der Waals surface area contributed by atoms with Gasteiger partial charge in [-0.15, -0.1) is 0 Å². The second-order valence-corrected chi connectivity index (χ2v) is 5.75. The molecule has 1 saturated heterocycles. The number of aliphatic hydroxyl groups excluding tert-OH is 1. The molecule has 1 amide bonds. The molecule has 1 aliphatic rings. The van der Waals surface area contributed by atoms with Crippen LogP contribution >= 0.6 is 11.6 Å². The maximum absolute atomic E-state index is 12.5. The summed E-state index contributed by atoms with van der Waals surface area (Å²) in [5.74, 6) is 0.0386. The van der Waals surface area contributed by atoms with Crippen LogP contribution in [0.1, 0.15) is 12.0 Å². The molecule has 0 bridgehead atoms. The minimum atomic E-state index is -0.257. The molecule has 22 heavy (non-hydrogen) atoms. The summed E-state index contributed by atoms with van der Waals surface area (Å²) in [5.41, 5.74) is 2.49. The van der Waals surface area contributed by atoms with Crippen molar-refractivity contribution in [3.63, 3.8) is 0 Å². The second kappa shape index (κ2) is 6.38. The number of aliphatic hydroxyl groups is 1. The molecule has 1 heterocycles. The van der Waals surface area contributed by atoms with E-state index < -0.39 is 0 Å². The molecule has 0 unspecified atom stereocenters. The van der Waals surface area contributed by atoms with E-state index in [2.05, 4.69) is 5.32 Å². The van der Waals surface area contributed by atoms with Crippen LogP contribution in [0.3, 0.4) is 0 Å². The van der Waals surface area contributed by atoms with Gasteiger partial charge in [0, 0.05) is 22.9 Å². The number of hydrogen-bond donors (Lipinski definition) is 2. The zero-order valence-electron chi connectivity index (χ0n) is 12.0. The Morgan fingerprint density at radius 1 is 1.23 bits per heavy atom. The number of benzene rings is 2. The lowest BCUT2D eigenvalue weighted by Crippen LogP contribution is -2.33. The smallest absolute Gasteiger partial charge is 0.249 e. The highest BCUT2D eigenvalue weighted by molar-refractivity contribution is 6.31. The quantitative estimate of drug-likeness (QED) is 0.911. The standard InChI is InChI=1S/C17H17ClN2O2/c18-13-4-2-6-15(10-13)20-8-7-16(17(20)22)19-14-5-1-3-12(9-14)11-21/h1-6,9-10,16,19,21H,7-8,11H2/t16-/m0/s1. The fourth-order valence-corrected chi connectivity index (χ4v) is 2.86. The number of nitrogens with zero attached hydrogens (tertiary/aromatic N) is 1. The molecule has 4 nitrogen and oxygen atoms in total. The predicted molar refractivity (Wildman–Crippen MR) is 88.2 cm³/mol. The van der Waals surface area contributed by atoms with Crippen molar-refractivity contribution >= 4 is 28.9 Å². The molecule has 0 aromatic heterocycles. The molecule has 0 spiro atoms. The lowest BCUT2D eigenvalue weighted by Gasteiger charge is -2.18. The topological polar surface area (TPSA) is 52.6 Å². The number of anilines is 2. The van der Waals surface area contributed by atoms with Crippen molar-refractivity contribution in [2.45, 2.75) is 19.1 Å². The fourth-order valence-electron chi connectivity index (χ4n) is 2.67. The highest BCUT2D eigenvalue weighted by Crippen LogP contribution is 2.26. The van der Waals surface area contributed by atoms with E-state index in [1.54, 1.807) is 17.0 Å². The van der Waals surface area contributed by atoms with Gasteiger partial charge in [0.25, 0.3) is 0 Å². The first-order valence-corrected chi connectivity index (χ1v) is 7.58. The molecule has 1 fully saturated rings. The van der Waals surface area contributed by atoms with Crippen LogP contribution in [0.25, 0.3) is 0 Å². The number of amides is 1. The molecule has 2 N–H and O–H groups in total. The Morgan fingerprint density at radius 2 is 2.05 bits per heavy atom. The highest BCUT2D eigenvalue weighted by atomic mass is 35.5. The van der Waals surface area contributed by atoms with Crippen LogP contribution in [0, 0.1) is 0 Å². The number of hydrogen-bond acceptors (Lipinski definition) is 3. The minimum Gasteiger partial charge on any atom is -0.392 e. The fraction of sp³-hybridized carbons (Fsp3) is 0.235. The summed E-state index contributed by atoms with van der Waals surface area (Å²) < 4.78 is 0. The Morgan fingerprint density at radius 3 is 2.82 bits per heavy atom. The normalized spacial score (nSPS) is 17.8. The largest absolute Gasteiger partial charge is 0.392 e. The SMILES string of the molecule is O=C1[C@@H](Nc2cccc(CO)c2)CCN1c1cccc(Cl)c1. The zero-order valence-corrected chi connectivity index (χ0v) is 12.8. The van der Waals surface area contributed by atoms with Crippen molar-refractivity contribution in [2.24, 2.45) is 0 Å². The molecule has 3 rings (SSSR count). The van der Waals surface area contributed by atoms with Gasteiger partial charge in [-0.05, 0) is 42.3 Å². The van der Waals surface area contributed by atoms with Gasteiger partial charge in [-0.2, -0.15) is 0 Å². The summed E-state index contributed by atoms with van der Waals surface area (Å²) in [5, 5.41) is 13.0. The molecule has 1 aliphatic heterocycles. The molecule has 5 heteroatoms. The summed E-state index contributed by atoms with van der Waals surface area (Å²) in [6.07, 6.45) is 0.731. The third-order valence-corrected chi connectivity index (χ3v) is 4.01. The predicted octanol–water partition coefficient (Wildman–Crippen LogP) is 3.05. The number of carbonyl (C=O) groups excluding carboxylic acids is 1. The van der Waals surface area contributed by atoms with Gasteiger partial charge in [0.15, 0.2) is 0 Å². The van der Waals surface area contributed by atoms with Crippen molar-refractivity contribution in [1.29, 1.82) is 0 Å². The van der Waals surface area contributed by atoms with Gasteiger partial charge in [0.1, 0.15) is 6.04 Å². The van der Waals surface area contributed by atoms with Crippen molar-refractivity contribution in [1.82, 2.24) is 0 Å². The zero-order chi connectivity index (χ0) is 15.5. The van der Waals surface area contributed by atoms with Gasteiger partial charge in [-0.25, -0.2) is 0 Å². The lowest BCUT2D eigenvalue weighted by atomic mass is 10.2. The molecule has 114 valence electrons. The van der Waals surface area contributed by atoms with Crippen LogP contribution in [0.5, 0.6) is 0 Å². The van der Waals surface area contributed by atoms with E-state index in [0.717, 1.165) is 23.4 Å². The van der Waals surface area contributed by atoms with Crippen LogP contribution in [0.4, 0.5) is 11.4 Å². The van der Waals surface area contributed by atoms with Gasteiger partial charge in [-0.3, -0.25) is 4.79 Å². The lowest BCUT2D eigenvalue weighted by molar-refractivity contribution is -0.117. The Labute approximate surface area is 134 Å². The van der Waals surface area contributed by atoms with Crippen molar-refractivity contribution in [2.75, 3.05) is 16.8 Å². The molecular weight excluding hydrogens is 300 g/mol. The van der Waals surface area contributed by atoms with Crippen LogP contribution in [-0.4, -0.2) is 23.6 Å². The molecular formula is C17H17ClN2O2. The first-order valence-electron chi connectivity index (χ1n) is 7.20. The van der Waals surface area contributed by atoms with Crippen LogP contribution in [0.2, 0.25) is 5.02 Å². The Hall–Kier alpha value is -2.04. The summed E-state index contributed by atoms with van der Waals surface area (Å²) >= 11 is 5.99. The molecule has 2 aromatic carbocycles. The first kappa shape index (κ1) is 14.9. The number of rotatable bonds is 4. The molecule has 0 saturated carbocycles. The Balaban J connectivity index is 1.73. The Bertz CT molecular complexity index is 690. The molecule has 0 aliphatic carbocycles. The number of nitrogens with one attached hydrogen (secondary N) is 1. The van der Waals surface area contributed by atoms with Crippen LogP contribution < -0.4 is 10.2 Å². The summed E-state index contributed by atoms with van der Waals surface area (Å²) in [7, 11) is 0. The summed E-state index contributed by atoms with van der Waals surface area (Å²) in [6.45, 7) is 0.652. The molecule has 2 aromatic rings. The van der Waals surface area contributed by atoms with Gasteiger partial charge < -0.3 is 15.3 Å². The van der Waals surface area contributed by atoms with E-state index in [9.17, 15) is 9.90 Å². The van der Waals surface area contributed by atoms with Crippen LogP contribution in [0.15, 0.2) is 48.5 Å². The van der Waals surface area contributed by atoms with E-state index in [-0.39, 0.29) is 18.6 Å². The average Bonchev–Trinajstić information content (AvgIpc) is 2.88. The van der Waals surface area contributed by atoms with E-state index in [1.165, 1.54) is 0 Å². The molecule has 1 atom stereocenters. The van der Waals surface area contributed by atoms with E-state index in [0.29, 0.717) is 11.6 Å². The summed E-state index contributed by atoms with van der Waals surface area (Å²) in [6, 6.07) is 14.5. The third-order valence-electron chi connectivity index (χ3n) is 3.78. The molecule has 0 radical (unpaired) electrons. The average molecular weight is 317 g/mol. The van der Waals surface area contributed by atoms with Gasteiger partial charge in [0.05, 0.1) is 6.61 Å². The third kappa shape index (κ3) is 3.08. The highest BCUT2D eigenvalue weighted by Gasteiger charge is 2.32. The van der Waals surface area contributed by atoms with E-state index >= 15 is 0 Å². The van der Waals surface area contributed by atoms with Crippen LogP contribution in [-0.2, 0) is 11.4 Å². The van der Waals surface area contributed by atoms with Crippen molar-refractivity contribution < 1.29 is 9.90 Å².